The van der Waals surface area contributed by atoms with E-state index in [1.807, 2.05) is 23.7 Å². The maximum Gasteiger partial charge on any atom is 0.232 e. The molecule has 4 heteroatoms. The molecule has 0 spiro atoms. The summed E-state index contributed by atoms with van der Waals surface area (Å²) in [6, 6.07) is 0.376. The molecule has 0 radical (unpaired) electrons. The van der Waals surface area contributed by atoms with Crippen LogP contribution in [-0.4, -0.2) is 48.0 Å². The van der Waals surface area contributed by atoms with E-state index in [2.05, 4.69) is 19.2 Å². The Morgan fingerprint density at radius 2 is 2.12 bits per heavy atom. The van der Waals surface area contributed by atoms with Gasteiger partial charge in [0, 0.05) is 18.3 Å². The first-order valence-electron chi connectivity index (χ1n) is 6.73. The second-order valence-electron chi connectivity index (χ2n) is 4.90. The van der Waals surface area contributed by atoms with Crippen LogP contribution in [-0.2, 0) is 4.79 Å². The molecule has 3 nitrogen and oxygen atoms in total. The zero-order chi connectivity index (χ0) is 12.7. The van der Waals surface area contributed by atoms with Gasteiger partial charge in [-0.2, -0.15) is 0 Å². The second-order valence-corrected chi connectivity index (χ2v) is 6.19. The SMILES string of the molecule is CCCC(C)N(C)C(=O)CSC1CCNCC1. The van der Waals surface area contributed by atoms with E-state index in [9.17, 15) is 4.79 Å². The number of carbonyl (C=O) groups excluding carboxylic acids is 1. The molecule has 1 fully saturated rings. The van der Waals surface area contributed by atoms with Crippen LogP contribution >= 0.6 is 11.8 Å². The molecule has 0 saturated carbocycles. The van der Waals surface area contributed by atoms with Gasteiger partial charge in [-0.1, -0.05) is 13.3 Å². The summed E-state index contributed by atoms with van der Waals surface area (Å²) in [5.74, 6) is 0.935. The first kappa shape index (κ1) is 14.8. The molecule has 1 amide bonds. The number of amides is 1. The summed E-state index contributed by atoms with van der Waals surface area (Å²) in [5.41, 5.74) is 0. The van der Waals surface area contributed by atoms with Crippen molar-refractivity contribution in [2.24, 2.45) is 0 Å². The Balaban J connectivity index is 2.23. The van der Waals surface area contributed by atoms with E-state index in [0.29, 0.717) is 17.0 Å². The summed E-state index contributed by atoms with van der Waals surface area (Å²) in [6.45, 7) is 6.51. The Labute approximate surface area is 110 Å². The molecule has 1 aliphatic rings. The minimum Gasteiger partial charge on any atom is -0.342 e. The Morgan fingerprint density at radius 1 is 1.47 bits per heavy atom. The van der Waals surface area contributed by atoms with Crippen molar-refractivity contribution in [3.63, 3.8) is 0 Å². The van der Waals surface area contributed by atoms with Crippen LogP contribution in [0.15, 0.2) is 0 Å². The number of thioether (sulfide) groups is 1. The van der Waals surface area contributed by atoms with Crippen LogP contribution in [0, 0.1) is 0 Å². The minimum absolute atomic E-state index is 0.287. The van der Waals surface area contributed by atoms with Gasteiger partial charge in [0.05, 0.1) is 5.75 Å². The van der Waals surface area contributed by atoms with Crippen molar-refractivity contribution in [1.29, 1.82) is 0 Å². The molecule has 1 aliphatic heterocycles. The van der Waals surface area contributed by atoms with E-state index in [1.54, 1.807) is 0 Å². The normalized spacial score (nSPS) is 19.0. The molecular formula is C13H26N2OS. The molecule has 1 N–H and O–H groups in total. The highest BCUT2D eigenvalue weighted by Gasteiger charge is 2.18. The Bertz CT molecular complexity index is 229. The molecule has 1 unspecified atom stereocenters. The maximum atomic E-state index is 12.0. The molecule has 1 atom stereocenters. The summed E-state index contributed by atoms with van der Waals surface area (Å²) in [7, 11) is 1.94. The van der Waals surface area contributed by atoms with Crippen LogP contribution in [0.3, 0.4) is 0 Å². The van der Waals surface area contributed by atoms with E-state index in [4.69, 9.17) is 0 Å². The summed E-state index contributed by atoms with van der Waals surface area (Å²) in [4.78, 5) is 13.9. The number of nitrogens with one attached hydrogen (secondary N) is 1. The van der Waals surface area contributed by atoms with Crippen molar-refractivity contribution in [3.05, 3.63) is 0 Å². The molecule has 1 heterocycles. The molecule has 1 saturated heterocycles. The van der Waals surface area contributed by atoms with Gasteiger partial charge in [0.15, 0.2) is 0 Å². The average Bonchev–Trinajstić information content (AvgIpc) is 2.36. The fraction of sp³-hybridized carbons (Fsp3) is 0.923. The lowest BCUT2D eigenvalue weighted by Gasteiger charge is -2.26. The van der Waals surface area contributed by atoms with Crippen LogP contribution in [0.1, 0.15) is 39.5 Å². The first-order chi connectivity index (χ1) is 8.15. The smallest absolute Gasteiger partial charge is 0.232 e. The van der Waals surface area contributed by atoms with Gasteiger partial charge in [-0.25, -0.2) is 0 Å². The fourth-order valence-electron chi connectivity index (χ4n) is 2.11. The number of piperidine rings is 1. The molecular weight excluding hydrogens is 232 g/mol. The molecule has 0 aromatic carbocycles. The van der Waals surface area contributed by atoms with Crippen molar-refractivity contribution >= 4 is 17.7 Å². The summed E-state index contributed by atoms with van der Waals surface area (Å²) in [5, 5.41) is 4.03. The van der Waals surface area contributed by atoms with E-state index in [-0.39, 0.29) is 5.91 Å². The quantitative estimate of drug-likeness (QED) is 0.792. The molecule has 17 heavy (non-hydrogen) atoms. The molecule has 0 bridgehead atoms. The number of hydrogen-bond donors (Lipinski definition) is 1. The Hall–Kier alpha value is -0.220. The number of nitrogens with zero attached hydrogens (tertiary/aromatic N) is 1. The number of carbonyl (C=O) groups is 1. The van der Waals surface area contributed by atoms with Gasteiger partial charge in [-0.15, -0.1) is 11.8 Å². The van der Waals surface area contributed by atoms with Crippen LogP contribution in [0.2, 0.25) is 0 Å². The predicted octanol–water partition coefficient (Wildman–Crippen LogP) is 2.12. The van der Waals surface area contributed by atoms with Crippen molar-refractivity contribution in [3.8, 4) is 0 Å². The van der Waals surface area contributed by atoms with Gasteiger partial charge in [-0.05, 0) is 39.3 Å². The van der Waals surface area contributed by atoms with Crippen LogP contribution < -0.4 is 5.32 Å². The van der Waals surface area contributed by atoms with Crippen LogP contribution in [0.25, 0.3) is 0 Å². The van der Waals surface area contributed by atoms with Crippen molar-refractivity contribution in [1.82, 2.24) is 10.2 Å². The zero-order valence-electron chi connectivity index (χ0n) is 11.4. The number of rotatable bonds is 6. The topological polar surface area (TPSA) is 32.3 Å². The summed E-state index contributed by atoms with van der Waals surface area (Å²) < 4.78 is 0. The van der Waals surface area contributed by atoms with Gasteiger partial charge in [-0.3, -0.25) is 4.79 Å². The van der Waals surface area contributed by atoms with Gasteiger partial charge in [0.2, 0.25) is 5.91 Å². The maximum absolute atomic E-state index is 12.0. The molecule has 1 rings (SSSR count). The van der Waals surface area contributed by atoms with E-state index < -0.39 is 0 Å². The highest BCUT2D eigenvalue weighted by molar-refractivity contribution is 8.00. The standard InChI is InChI=1S/C13H26N2OS/c1-4-5-11(2)15(3)13(16)10-17-12-6-8-14-9-7-12/h11-12,14H,4-10H2,1-3H3. The zero-order valence-corrected chi connectivity index (χ0v) is 12.2. The van der Waals surface area contributed by atoms with Crippen molar-refractivity contribution in [2.75, 3.05) is 25.9 Å². The largest absolute Gasteiger partial charge is 0.342 e. The highest BCUT2D eigenvalue weighted by atomic mass is 32.2. The summed E-state index contributed by atoms with van der Waals surface area (Å²) in [6.07, 6.45) is 4.64. The van der Waals surface area contributed by atoms with Gasteiger partial charge < -0.3 is 10.2 Å². The van der Waals surface area contributed by atoms with Crippen LogP contribution in [0.5, 0.6) is 0 Å². The molecule has 100 valence electrons. The van der Waals surface area contributed by atoms with Crippen molar-refractivity contribution in [2.45, 2.75) is 50.8 Å². The average molecular weight is 258 g/mol. The van der Waals surface area contributed by atoms with Gasteiger partial charge >= 0.3 is 0 Å². The van der Waals surface area contributed by atoms with Crippen molar-refractivity contribution < 1.29 is 4.79 Å². The minimum atomic E-state index is 0.287. The lowest BCUT2D eigenvalue weighted by molar-refractivity contribution is -0.128. The third-order valence-electron chi connectivity index (χ3n) is 3.49. The van der Waals surface area contributed by atoms with E-state index in [0.717, 1.165) is 25.9 Å². The van der Waals surface area contributed by atoms with Gasteiger partial charge in [0.25, 0.3) is 0 Å². The Kier molecular flexibility index (Phi) is 6.97. The first-order valence-corrected chi connectivity index (χ1v) is 7.78. The predicted molar refractivity (Wildman–Crippen MR) is 75.5 cm³/mol. The number of hydrogen-bond acceptors (Lipinski definition) is 3. The van der Waals surface area contributed by atoms with Gasteiger partial charge in [0.1, 0.15) is 0 Å². The monoisotopic (exact) mass is 258 g/mol. The fourth-order valence-corrected chi connectivity index (χ4v) is 3.26. The molecule has 0 aliphatic carbocycles. The lowest BCUT2D eigenvalue weighted by atomic mass is 10.2. The third-order valence-corrected chi connectivity index (χ3v) is 4.85. The molecule has 0 aromatic heterocycles. The third kappa shape index (κ3) is 5.30. The van der Waals surface area contributed by atoms with E-state index in [1.165, 1.54) is 12.8 Å². The molecule has 0 aromatic rings. The van der Waals surface area contributed by atoms with Crippen LogP contribution in [0.4, 0.5) is 0 Å². The highest BCUT2D eigenvalue weighted by Crippen LogP contribution is 2.20. The Morgan fingerprint density at radius 3 is 2.71 bits per heavy atom. The lowest BCUT2D eigenvalue weighted by Crippen LogP contribution is -2.37. The second kappa shape index (κ2) is 7.98. The summed E-state index contributed by atoms with van der Waals surface area (Å²) >= 11 is 1.84. The van der Waals surface area contributed by atoms with E-state index >= 15 is 0 Å².